The third kappa shape index (κ3) is 5.14. The molecule has 3 rings (SSSR count). The molecule has 6 heteroatoms. The van der Waals surface area contributed by atoms with Gasteiger partial charge in [0.1, 0.15) is 11.5 Å². The first-order chi connectivity index (χ1) is 13.7. The highest BCUT2D eigenvalue weighted by atomic mass is 16.5. The minimum atomic E-state index is -0.244. The largest absolute Gasteiger partial charge is 0.383 e. The van der Waals surface area contributed by atoms with E-state index >= 15 is 0 Å². The van der Waals surface area contributed by atoms with Crippen LogP contribution >= 0.6 is 0 Å². The number of rotatable bonds is 8. The maximum absolute atomic E-state index is 12.6. The molecule has 3 aromatic rings. The Hall–Kier alpha value is -3.25. The normalized spacial score (nSPS) is 10.5. The van der Waals surface area contributed by atoms with Gasteiger partial charge in [-0.15, -0.1) is 0 Å². The van der Waals surface area contributed by atoms with Gasteiger partial charge >= 0.3 is 0 Å². The van der Waals surface area contributed by atoms with Gasteiger partial charge in [0, 0.05) is 38.9 Å². The molecule has 2 aromatic carbocycles. The van der Waals surface area contributed by atoms with Gasteiger partial charge in [-0.1, -0.05) is 60.7 Å². The van der Waals surface area contributed by atoms with Crippen molar-refractivity contribution in [3.63, 3.8) is 0 Å². The van der Waals surface area contributed by atoms with Crippen LogP contribution in [0.15, 0.2) is 66.7 Å². The molecule has 0 aliphatic carbocycles. The number of hydrogen-bond acceptors (Lipinski definition) is 5. The number of nitrogens with zero attached hydrogens (tertiary/aromatic N) is 3. The molecule has 0 saturated heterocycles. The van der Waals surface area contributed by atoms with E-state index in [-0.39, 0.29) is 5.91 Å². The summed E-state index contributed by atoms with van der Waals surface area (Å²) in [4.78, 5) is 23.7. The molecule has 28 heavy (non-hydrogen) atoms. The first-order valence-corrected chi connectivity index (χ1v) is 9.14. The Morgan fingerprint density at radius 3 is 2.39 bits per heavy atom. The fourth-order valence-corrected chi connectivity index (χ4v) is 2.76. The van der Waals surface area contributed by atoms with Gasteiger partial charge < -0.3 is 15.0 Å². The van der Waals surface area contributed by atoms with Crippen LogP contribution in [0.25, 0.3) is 11.4 Å². The van der Waals surface area contributed by atoms with E-state index in [4.69, 9.17) is 4.74 Å². The summed E-state index contributed by atoms with van der Waals surface area (Å²) in [5.74, 6) is 0.968. The summed E-state index contributed by atoms with van der Waals surface area (Å²) in [6.07, 6.45) is 0. The van der Waals surface area contributed by atoms with Gasteiger partial charge in [-0.05, 0) is 5.56 Å². The van der Waals surface area contributed by atoms with Crippen LogP contribution in [0.4, 0.5) is 5.82 Å². The van der Waals surface area contributed by atoms with E-state index in [1.807, 2.05) is 60.5 Å². The zero-order chi connectivity index (χ0) is 19.8. The van der Waals surface area contributed by atoms with E-state index in [9.17, 15) is 4.79 Å². The van der Waals surface area contributed by atoms with Crippen LogP contribution in [0.2, 0.25) is 0 Å². The van der Waals surface area contributed by atoms with E-state index < -0.39 is 0 Å². The van der Waals surface area contributed by atoms with E-state index in [1.54, 1.807) is 13.2 Å². The molecular weight excluding hydrogens is 352 g/mol. The van der Waals surface area contributed by atoms with Crippen molar-refractivity contribution in [2.24, 2.45) is 0 Å². The number of ether oxygens (including phenoxy) is 1. The van der Waals surface area contributed by atoms with Crippen LogP contribution in [-0.4, -0.2) is 43.2 Å². The molecule has 0 fully saturated rings. The zero-order valence-electron chi connectivity index (χ0n) is 16.1. The van der Waals surface area contributed by atoms with Gasteiger partial charge in [0.2, 0.25) is 0 Å². The highest BCUT2D eigenvalue weighted by molar-refractivity contribution is 5.93. The SMILES string of the molecule is COCCNC(=O)c1cc(N(C)Cc2ccccc2)nc(-c2ccccc2)n1. The molecule has 0 aliphatic rings. The zero-order valence-corrected chi connectivity index (χ0v) is 16.1. The third-order valence-electron chi connectivity index (χ3n) is 4.22. The Morgan fingerprint density at radius 1 is 1.04 bits per heavy atom. The van der Waals surface area contributed by atoms with Crippen molar-refractivity contribution in [3.05, 3.63) is 78.0 Å². The molecular formula is C22H24N4O2. The van der Waals surface area contributed by atoms with Crippen molar-refractivity contribution in [2.45, 2.75) is 6.54 Å². The molecule has 0 spiro atoms. The topological polar surface area (TPSA) is 67.3 Å². The number of methoxy groups -OCH3 is 1. The molecule has 0 aliphatic heterocycles. The average Bonchev–Trinajstić information content (AvgIpc) is 2.75. The van der Waals surface area contributed by atoms with Crippen molar-refractivity contribution in [1.82, 2.24) is 15.3 Å². The minimum absolute atomic E-state index is 0.244. The van der Waals surface area contributed by atoms with Crippen LogP contribution in [0, 0.1) is 0 Å². The number of carbonyl (C=O) groups is 1. The van der Waals surface area contributed by atoms with Crippen molar-refractivity contribution >= 4 is 11.7 Å². The second-order valence-corrected chi connectivity index (χ2v) is 6.39. The molecule has 0 atom stereocenters. The number of anilines is 1. The van der Waals surface area contributed by atoms with Gasteiger partial charge in [0.05, 0.1) is 6.61 Å². The van der Waals surface area contributed by atoms with Gasteiger partial charge in [-0.3, -0.25) is 4.79 Å². The number of hydrogen-bond donors (Lipinski definition) is 1. The van der Waals surface area contributed by atoms with Crippen LogP contribution < -0.4 is 10.2 Å². The van der Waals surface area contributed by atoms with Gasteiger partial charge in [0.15, 0.2) is 5.82 Å². The lowest BCUT2D eigenvalue weighted by molar-refractivity contribution is 0.0932. The van der Waals surface area contributed by atoms with Crippen LogP contribution in [0.5, 0.6) is 0 Å². The smallest absolute Gasteiger partial charge is 0.270 e. The Bertz CT molecular complexity index is 901. The summed E-state index contributed by atoms with van der Waals surface area (Å²) in [6.45, 7) is 1.55. The average molecular weight is 376 g/mol. The Kier molecular flexibility index (Phi) is 6.70. The number of nitrogens with one attached hydrogen (secondary N) is 1. The summed E-state index contributed by atoms with van der Waals surface area (Å²) in [5.41, 5.74) is 2.36. The third-order valence-corrected chi connectivity index (χ3v) is 4.22. The molecule has 1 amide bonds. The maximum Gasteiger partial charge on any atom is 0.270 e. The van der Waals surface area contributed by atoms with Crippen molar-refractivity contribution in [3.8, 4) is 11.4 Å². The second-order valence-electron chi connectivity index (χ2n) is 6.39. The summed E-state index contributed by atoms with van der Waals surface area (Å²) in [5, 5.41) is 2.82. The molecule has 0 radical (unpaired) electrons. The number of aromatic nitrogens is 2. The Balaban J connectivity index is 1.91. The monoisotopic (exact) mass is 376 g/mol. The quantitative estimate of drug-likeness (QED) is 0.612. The first kappa shape index (κ1) is 19.5. The standard InChI is InChI=1S/C22H24N4O2/c1-26(16-17-9-5-3-6-10-17)20-15-19(22(27)23-13-14-28-2)24-21(25-20)18-11-7-4-8-12-18/h3-12,15H,13-14,16H2,1-2H3,(H,23,27). The predicted octanol–water partition coefficient (Wildman–Crippen LogP) is 3.16. The fraction of sp³-hybridized carbons (Fsp3) is 0.227. The lowest BCUT2D eigenvalue weighted by Crippen LogP contribution is -2.28. The number of benzene rings is 2. The van der Waals surface area contributed by atoms with E-state index in [0.29, 0.717) is 37.0 Å². The van der Waals surface area contributed by atoms with E-state index in [0.717, 1.165) is 11.1 Å². The van der Waals surface area contributed by atoms with Gasteiger partial charge in [0.25, 0.3) is 5.91 Å². The highest BCUT2D eigenvalue weighted by Crippen LogP contribution is 2.21. The molecule has 6 nitrogen and oxygen atoms in total. The van der Waals surface area contributed by atoms with E-state index in [2.05, 4.69) is 27.4 Å². The second kappa shape index (κ2) is 9.62. The molecule has 1 N–H and O–H groups in total. The van der Waals surface area contributed by atoms with Crippen LogP contribution in [0.3, 0.4) is 0 Å². The molecule has 1 heterocycles. The summed E-state index contributed by atoms with van der Waals surface area (Å²) in [6, 6.07) is 21.5. The summed E-state index contributed by atoms with van der Waals surface area (Å²) >= 11 is 0. The first-order valence-electron chi connectivity index (χ1n) is 9.14. The van der Waals surface area contributed by atoms with Gasteiger partial charge in [-0.2, -0.15) is 0 Å². The molecule has 0 bridgehead atoms. The minimum Gasteiger partial charge on any atom is -0.383 e. The lowest BCUT2D eigenvalue weighted by Gasteiger charge is -2.19. The van der Waals surface area contributed by atoms with Crippen LogP contribution in [0.1, 0.15) is 16.1 Å². The maximum atomic E-state index is 12.6. The van der Waals surface area contributed by atoms with Crippen molar-refractivity contribution < 1.29 is 9.53 Å². The van der Waals surface area contributed by atoms with Gasteiger partial charge in [-0.25, -0.2) is 9.97 Å². The van der Waals surface area contributed by atoms with Crippen molar-refractivity contribution in [2.75, 3.05) is 32.2 Å². The summed E-state index contributed by atoms with van der Waals surface area (Å²) < 4.78 is 4.99. The lowest BCUT2D eigenvalue weighted by atomic mass is 10.2. The fourth-order valence-electron chi connectivity index (χ4n) is 2.76. The molecule has 144 valence electrons. The molecule has 1 aromatic heterocycles. The number of amides is 1. The molecule has 0 unspecified atom stereocenters. The van der Waals surface area contributed by atoms with Crippen molar-refractivity contribution in [1.29, 1.82) is 0 Å². The molecule has 0 saturated carbocycles. The Morgan fingerprint density at radius 2 is 1.71 bits per heavy atom. The van der Waals surface area contributed by atoms with E-state index in [1.165, 1.54) is 0 Å². The van der Waals surface area contributed by atoms with Crippen LogP contribution in [-0.2, 0) is 11.3 Å². The predicted molar refractivity (Wildman–Crippen MR) is 110 cm³/mol. The number of carbonyl (C=O) groups excluding carboxylic acids is 1. The Labute approximate surface area is 165 Å². The summed E-state index contributed by atoms with van der Waals surface area (Å²) in [7, 11) is 3.55. The highest BCUT2D eigenvalue weighted by Gasteiger charge is 2.15.